The summed E-state index contributed by atoms with van der Waals surface area (Å²) >= 11 is 5.92. The molecule has 1 N–H and O–H groups in total. The maximum atomic E-state index is 12.5. The monoisotopic (exact) mass is 387 g/mol. The molecule has 0 aliphatic rings. The van der Waals surface area contributed by atoms with Crippen LogP contribution in [0.15, 0.2) is 48.7 Å². The molecule has 3 rings (SSSR count). The van der Waals surface area contributed by atoms with E-state index in [-0.39, 0.29) is 5.82 Å². The average molecular weight is 388 g/mol. The third-order valence-electron chi connectivity index (χ3n) is 3.76. The molecule has 140 valence electrons. The Hall–Kier alpha value is -3.06. The SMILES string of the molecule is CCOC(=O)C(C)Oc1ccc(Nc2cnc3cc(Cl)ccc3[n+]2[O-])cc1. The predicted octanol–water partition coefficient (Wildman–Crippen LogP) is 3.60. The molecular weight excluding hydrogens is 370 g/mol. The van der Waals surface area contributed by atoms with Gasteiger partial charge in [-0.3, -0.25) is 0 Å². The molecule has 7 nitrogen and oxygen atoms in total. The van der Waals surface area contributed by atoms with Crippen LogP contribution in [0.1, 0.15) is 13.8 Å². The van der Waals surface area contributed by atoms with E-state index >= 15 is 0 Å². The summed E-state index contributed by atoms with van der Waals surface area (Å²) in [4.78, 5) is 15.9. The van der Waals surface area contributed by atoms with Crippen LogP contribution in [0.4, 0.5) is 11.5 Å². The van der Waals surface area contributed by atoms with Gasteiger partial charge in [0.15, 0.2) is 11.6 Å². The molecule has 2 aromatic carbocycles. The minimum Gasteiger partial charge on any atom is -0.710 e. The Morgan fingerprint density at radius 3 is 2.74 bits per heavy atom. The Kier molecular flexibility index (Phi) is 5.61. The van der Waals surface area contributed by atoms with Gasteiger partial charge in [0, 0.05) is 5.02 Å². The highest BCUT2D eigenvalue weighted by Gasteiger charge is 2.16. The number of nitrogens with zero attached hydrogens (tertiary/aromatic N) is 2. The highest BCUT2D eigenvalue weighted by molar-refractivity contribution is 6.31. The number of carbonyl (C=O) groups excluding carboxylic acids is 1. The summed E-state index contributed by atoms with van der Waals surface area (Å²) in [6, 6.07) is 11.8. The molecule has 0 aliphatic carbocycles. The molecule has 0 amide bonds. The lowest BCUT2D eigenvalue weighted by Gasteiger charge is -2.14. The van der Waals surface area contributed by atoms with Crippen LogP contribution in [-0.2, 0) is 9.53 Å². The standard InChI is InChI=1S/C19H18ClN3O4/c1-3-26-19(24)12(2)27-15-7-5-14(6-8-15)22-18-11-21-16-10-13(20)4-9-17(16)23(18)25/h4-12,22H,3H2,1-2H3. The highest BCUT2D eigenvalue weighted by Crippen LogP contribution is 2.21. The maximum Gasteiger partial charge on any atom is 0.347 e. The number of hydrogen-bond donors (Lipinski definition) is 1. The molecule has 1 heterocycles. The van der Waals surface area contributed by atoms with Crippen LogP contribution in [0.3, 0.4) is 0 Å². The molecule has 0 saturated heterocycles. The van der Waals surface area contributed by atoms with Gasteiger partial charge in [0.2, 0.25) is 0 Å². The molecule has 3 aromatic rings. The molecule has 1 aromatic heterocycles. The molecule has 0 saturated carbocycles. The van der Waals surface area contributed by atoms with Crippen molar-refractivity contribution >= 4 is 40.1 Å². The lowest BCUT2D eigenvalue weighted by atomic mass is 10.3. The van der Waals surface area contributed by atoms with E-state index in [2.05, 4.69) is 10.3 Å². The molecule has 8 heteroatoms. The molecule has 0 bridgehead atoms. The Morgan fingerprint density at radius 1 is 1.30 bits per heavy atom. The molecule has 27 heavy (non-hydrogen) atoms. The number of hydrogen-bond acceptors (Lipinski definition) is 6. The van der Waals surface area contributed by atoms with E-state index in [9.17, 15) is 10.0 Å². The summed E-state index contributed by atoms with van der Waals surface area (Å²) in [6.07, 6.45) is 0.739. The summed E-state index contributed by atoms with van der Waals surface area (Å²) in [6.45, 7) is 3.66. The molecule has 0 aliphatic heterocycles. The number of aromatic nitrogens is 2. The second-order valence-corrected chi connectivity index (χ2v) is 6.17. The van der Waals surface area contributed by atoms with Gasteiger partial charge in [-0.05, 0) is 56.3 Å². The van der Waals surface area contributed by atoms with Gasteiger partial charge in [0.25, 0.3) is 0 Å². The van der Waals surface area contributed by atoms with E-state index in [1.807, 2.05) is 0 Å². The van der Waals surface area contributed by atoms with Crippen molar-refractivity contribution in [2.75, 3.05) is 11.9 Å². The fraction of sp³-hybridized carbons (Fsp3) is 0.211. The zero-order chi connectivity index (χ0) is 19.4. The normalized spacial score (nSPS) is 11.8. The number of fused-ring (bicyclic) bond motifs is 1. The van der Waals surface area contributed by atoms with E-state index < -0.39 is 12.1 Å². The van der Waals surface area contributed by atoms with Gasteiger partial charge < -0.3 is 14.7 Å². The summed E-state index contributed by atoms with van der Waals surface area (Å²) < 4.78 is 11.2. The lowest BCUT2D eigenvalue weighted by molar-refractivity contribution is -0.561. The Labute approximate surface area is 161 Å². The molecule has 0 radical (unpaired) electrons. The van der Waals surface area contributed by atoms with Crippen LogP contribution in [-0.4, -0.2) is 23.7 Å². The molecular formula is C19H18ClN3O4. The van der Waals surface area contributed by atoms with Gasteiger partial charge in [-0.2, -0.15) is 0 Å². The van der Waals surface area contributed by atoms with Crippen LogP contribution in [0.5, 0.6) is 5.75 Å². The molecule has 1 unspecified atom stereocenters. The van der Waals surface area contributed by atoms with Crippen molar-refractivity contribution in [3.8, 4) is 5.75 Å². The zero-order valence-corrected chi connectivity index (χ0v) is 15.6. The first kappa shape index (κ1) is 18.7. The third-order valence-corrected chi connectivity index (χ3v) is 3.99. The lowest BCUT2D eigenvalue weighted by Crippen LogP contribution is -2.31. The van der Waals surface area contributed by atoms with Crippen LogP contribution in [0.2, 0.25) is 5.02 Å². The van der Waals surface area contributed by atoms with Crippen molar-refractivity contribution in [1.29, 1.82) is 0 Å². The van der Waals surface area contributed by atoms with Crippen molar-refractivity contribution in [1.82, 2.24) is 4.98 Å². The summed E-state index contributed by atoms with van der Waals surface area (Å²) in [5.41, 5.74) is 1.60. The van der Waals surface area contributed by atoms with E-state index in [0.717, 1.165) is 4.73 Å². The number of nitrogens with one attached hydrogen (secondary N) is 1. The summed E-state index contributed by atoms with van der Waals surface area (Å²) in [7, 11) is 0. The van der Waals surface area contributed by atoms with E-state index in [4.69, 9.17) is 21.1 Å². The van der Waals surface area contributed by atoms with Gasteiger partial charge in [-0.25, -0.2) is 19.8 Å². The van der Waals surface area contributed by atoms with Gasteiger partial charge in [0.05, 0.1) is 6.61 Å². The first-order chi connectivity index (χ1) is 13.0. The van der Waals surface area contributed by atoms with Crippen molar-refractivity contribution < 1.29 is 19.0 Å². The molecule has 0 fully saturated rings. The number of rotatable bonds is 6. The maximum absolute atomic E-state index is 12.5. The number of halogens is 1. The third kappa shape index (κ3) is 4.38. The van der Waals surface area contributed by atoms with Crippen molar-refractivity contribution in [2.24, 2.45) is 0 Å². The Bertz CT molecular complexity index is 963. The quantitative estimate of drug-likeness (QED) is 0.395. The predicted molar refractivity (Wildman–Crippen MR) is 102 cm³/mol. The number of carbonyl (C=O) groups is 1. The van der Waals surface area contributed by atoms with Gasteiger partial charge in [-0.1, -0.05) is 11.6 Å². The summed E-state index contributed by atoms with van der Waals surface area (Å²) in [5, 5.41) is 16.0. The first-order valence-electron chi connectivity index (χ1n) is 8.36. The summed E-state index contributed by atoms with van der Waals surface area (Å²) in [5.74, 6) is 0.371. The van der Waals surface area contributed by atoms with E-state index in [1.165, 1.54) is 6.20 Å². The van der Waals surface area contributed by atoms with Gasteiger partial charge in [-0.15, -0.1) is 0 Å². The first-order valence-corrected chi connectivity index (χ1v) is 8.74. The Morgan fingerprint density at radius 2 is 2.04 bits per heavy atom. The van der Waals surface area contributed by atoms with Crippen LogP contribution in [0.25, 0.3) is 11.0 Å². The fourth-order valence-electron chi connectivity index (χ4n) is 2.44. The van der Waals surface area contributed by atoms with Gasteiger partial charge in [0.1, 0.15) is 23.2 Å². The second-order valence-electron chi connectivity index (χ2n) is 5.73. The highest BCUT2D eigenvalue weighted by atomic mass is 35.5. The smallest absolute Gasteiger partial charge is 0.347 e. The van der Waals surface area contributed by atoms with E-state index in [1.54, 1.807) is 56.3 Å². The number of benzene rings is 2. The van der Waals surface area contributed by atoms with Crippen molar-refractivity contribution in [2.45, 2.75) is 20.0 Å². The van der Waals surface area contributed by atoms with Crippen LogP contribution >= 0.6 is 11.6 Å². The van der Waals surface area contributed by atoms with Crippen molar-refractivity contribution in [3.05, 3.63) is 58.9 Å². The minimum atomic E-state index is -0.705. The zero-order valence-electron chi connectivity index (χ0n) is 14.8. The largest absolute Gasteiger partial charge is 0.710 e. The fourth-order valence-corrected chi connectivity index (χ4v) is 2.61. The minimum absolute atomic E-state index is 0.276. The van der Waals surface area contributed by atoms with Crippen LogP contribution < -0.4 is 14.8 Å². The molecule has 1 atom stereocenters. The van der Waals surface area contributed by atoms with Crippen LogP contribution in [0, 0.1) is 5.21 Å². The number of esters is 1. The van der Waals surface area contributed by atoms with Gasteiger partial charge >= 0.3 is 11.8 Å². The Balaban J connectivity index is 1.73. The topological polar surface area (TPSA) is 87.4 Å². The average Bonchev–Trinajstić information content (AvgIpc) is 2.65. The van der Waals surface area contributed by atoms with E-state index in [0.29, 0.717) is 34.1 Å². The molecule has 0 spiro atoms. The second kappa shape index (κ2) is 8.09. The van der Waals surface area contributed by atoms with Crippen molar-refractivity contribution in [3.63, 3.8) is 0 Å². The number of anilines is 2. The number of ether oxygens (including phenoxy) is 2.